The first kappa shape index (κ1) is 12.1. The average molecular weight is 284 g/mol. The van der Waals surface area contributed by atoms with Gasteiger partial charge in [-0.25, -0.2) is 0 Å². The molecule has 16 heavy (non-hydrogen) atoms. The largest absolute Gasteiger partial charge is 0.377 e. The van der Waals surface area contributed by atoms with E-state index in [4.69, 9.17) is 4.74 Å². The van der Waals surface area contributed by atoms with Crippen LogP contribution in [0.3, 0.4) is 0 Å². The number of hydrogen-bond donors (Lipinski definition) is 1. The lowest BCUT2D eigenvalue weighted by Crippen LogP contribution is -2.36. The Morgan fingerprint density at radius 2 is 2.06 bits per heavy atom. The van der Waals surface area contributed by atoms with Crippen molar-refractivity contribution in [1.82, 2.24) is 5.32 Å². The van der Waals surface area contributed by atoms with Crippen molar-refractivity contribution in [3.63, 3.8) is 0 Å². The summed E-state index contributed by atoms with van der Waals surface area (Å²) in [4.78, 5) is 0. The van der Waals surface area contributed by atoms with Crippen molar-refractivity contribution in [1.29, 1.82) is 0 Å². The van der Waals surface area contributed by atoms with Crippen molar-refractivity contribution in [2.24, 2.45) is 0 Å². The maximum atomic E-state index is 5.55. The van der Waals surface area contributed by atoms with Gasteiger partial charge < -0.3 is 10.1 Å². The van der Waals surface area contributed by atoms with Gasteiger partial charge in [-0.2, -0.15) is 0 Å². The van der Waals surface area contributed by atoms with E-state index in [1.807, 2.05) is 0 Å². The molecule has 3 atom stereocenters. The normalized spacial score (nSPS) is 26.9. The molecule has 0 bridgehead atoms. The minimum atomic E-state index is 0.331. The Kier molecular flexibility index (Phi) is 4.00. The highest BCUT2D eigenvalue weighted by atomic mass is 79.9. The van der Waals surface area contributed by atoms with Gasteiger partial charge in [-0.05, 0) is 38.0 Å². The summed E-state index contributed by atoms with van der Waals surface area (Å²) in [5.41, 5.74) is 1.32. The summed E-state index contributed by atoms with van der Waals surface area (Å²) >= 11 is 3.45. The predicted octanol–water partition coefficient (Wildman–Crippen LogP) is 3.28. The first-order valence-corrected chi connectivity index (χ1v) is 6.59. The summed E-state index contributed by atoms with van der Waals surface area (Å²) in [5, 5.41) is 3.62. The molecular formula is C13H18BrNO. The van der Waals surface area contributed by atoms with Gasteiger partial charge in [0.2, 0.25) is 0 Å². The van der Waals surface area contributed by atoms with Crippen molar-refractivity contribution < 1.29 is 4.74 Å². The van der Waals surface area contributed by atoms with Gasteiger partial charge >= 0.3 is 0 Å². The highest BCUT2D eigenvalue weighted by Crippen LogP contribution is 2.20. The summed E-state index contributed by atoms with van der Waals surface area (Å²) in [7, 11) is 0. The molecule has 1 aliphatic heterocycles. The van der Waals surface area contributed by atoms with Gasteiger partial charge in [0.1, 0.15) is 0 Å². The van der Waals surface area contributed by atoms with Crippen LogP contribution >= 0.6 is 15.9 Å². The van der Waals surface area contributed by atoms with Crippen molar-refractivity contribution in [2.45, 2.75) is 38.5 Å². The molecule has 0 aliphatic carbocycles. The predicted molar refractivity (Wildman–Crippen MR) is 69.5 cm³/mol. The van der Waals surface area contributed by atoms with Gasteiger partial charge in [0.05, 0.1) is 6.10 Å². The quantitative estimate of drug-likeness (QED) is 0.919. The highest BCUT2D eigenvalue weighted by molar-refractivity contribution is 9.10. The Balaban J connectivity index is 1.97. The van der Waals surface area contributed by atoms with Crippen molar-refractivity contribution in [2.75, 3.05) is 6.61 Å². The Labute approximate surface area is 106 Å². The van der Waals surface area contributed by atoms with E-state index in [2.05, 4.69) is 59.4 Å². The van der Waals surface area contributed by atoms with Gasteiger partial charge in [0.25, 0.3) is 0 Å². The fourth-order valence-corrected chi connectivity index (χ4v) is 2.38. The van der Waals surface area contributed by atoms with E-state index in [9.17, 15) is 0 Å². The molecule has 0 saturated carbocycles. The SMILES string of the molecule is CC(NC1CCOC1C)c1ccc(Br)cc1. The zero-order valence-electron chi connectivity index (χ0n) is 9.74. The van der Waals surface area contributed by atoms with E-state index in [0.29, 0.717) is 18.2 Å². The zero-order valence-corrected chi connectivity index (χ0v) is 11.3. The van der Waals surface area contributed by atoms with Crippen LogP contribution in [0, 0.1) is 0 Å². The van der Waals surface area contributed by atoms with E-state index >= 15 is 0 Å². The summed E-state index contributed by atoms with van der Waals surface area (Å²) in [6.07, 6.45) is 1.44. The third kappa shape index (κ3) is 2.84. The maximum Gasteiger partial charge on any atom is 0.0700 e. The average Bonchev–Trinajstić information content (AvgIpc) is 2.65. The first-order valence-electron chi connectivity index (χ1n) is 5.80. The molecule has 2 nitrogen and oxygen atoms in total. The Morgan fingerprint density at radius 3 is 2.62 bits per heavy atom. The summed E-state index contributed by atoms with van der Waals surface area (Å²) in [6, 6.07) is 9.34. The van der Waals surface area contributed by atoms with E-state index in [0.717, 1.165) is 17.5 Å². The van der Waals surface area contributed by atoms with Crippen LogP contribution in [0.1, 0.15) is 31.9 Å². The van der Waals surface area contributed by atoms with Crippen molar-refractivity contribution >= 4 is 15.9 Å². The van der Waals surface area contributed by atoms with Crippen LogP contribution < -0.4 is 5.32 Å². The standard InChI is InChI=1S/C13H18BrNO/c1-9(11-3-5-12(14)6-4-11)15-13-7-8-16-10(13)2/h3-6,9-10,13,15H,7-8H2,1-2H3. The Hall–Kier alpha value is -0.380. The third-order valence-corrected chi connectivity index (χ3v) is 3.74. The van der Waals surface area contributed by atoms with Gasteiger partial charge in [-0.15, -0.1) is 0 Å². The summed E-state index contributed by atoms with van der Waals surface area (Å²) < 4.78 is 6.68. The van der Waals surface area contributed by atoms with E-state index in [-0.39, 0.29) is 0 Å². The van der Waals surface area contributed by atoms with Crippen molar-refractivity contribution in [3.8, 4) is 0 Å². The molecule has 1 aromatic carbocycles. The molecule has 0 spiro atoms. The lowest BCUT2D eigenvalue weighted by atomic mass is 10.1. The number of halogens is 1. The van der Waals surface area contributed by atoms with Crippen LogP contribution in [-0.4, -0.2) is 18.8 Å². The topological polar surface area (TPSA) is 21.3 Å². The molecule has 1 aromatic rings. The molecule has 1 saturated heterocycles. The molecule has 0 aromatic heterocycles. The second-order valence-corrected chi connectivity index (χ2v) is 5.33. The van der Waals surface area contributed by atoms with E-state index < -0.39 is 0 Å². The lowest BCUT2D eigenvalue weighted by Gasteiger charge is -2.22. The Bertz CT molecular complexity index is 338. The number of rotatable bonds is 3. The number of hydrogen-bond acceptors (Lipinski definition) is 2. The third-order valence-electron chi connectivity index (χ3n) is 3.21. The molecule has 1 heterocycles. The minimum absolute atomic E-state index is 0.331. The molecular weight excluding hydrogens is 266 g/mol. The smallest absolute Gasteiger partial charge is 0.0700 e. The monoisotopic (exact) mass is 283 g/mol. The van der Waals surface area contributed by atoms with Gasteiger partial charge in [0, 0.05) is 23.2 Å². The first-order chi connectivity index (χ1) is 7.66. The number of nitrogens with one attached hydrogen (secondary N) is 1. The van der Waals surface area contributed by atoms with E-state index in [1.54, 1.807) is 0 Å². The fraction of sp³-hybridized carbons (Fsp3) is 0.538. The fourth-order valence-electron chi connectivity index (χ4n) is 2.12. The molecule has 88 valence electrons. The summed E-state index contributed by atoms with van der Waals surface area (Å²) in [6.45, 7) is 5.22. The second kappa shape index (κ2) is 5.30. The van der Waals surface area contributed by atoms with Gasteiger partial charge in [0.15, 0.2) is 0 Å². The van der Waals surface area contributed by atoms with Crippen LogP contribution in [0.2, 0.25) is 0 Å². The van der Waals surface area contributed by atoms with Crippen molar-refractivity contribution in [3.05, 3.63) is 34.3 Å². The molecule has 0 radical (unpaired) electrons. The van der Waals surface area contributed by atoms with Crippen LogP contribution in [0.25, 0.3) is 0 Å². The second-order valence-electron chi connectivity index (χ2n) is 4.41. The minimum Gasteiger partial charge on any atom is -0.377 e. The van der Waals surface area contributed by atoms with Crippen LogP contribution in [0.5, 0.6) is 0 Å². The molecule has 3 heteroatoms. The Morgan fingerprint density at radius 1 is 1.38 bits per heavy atom. The van der Waals surface area contributed by atoms with Gasteiger partial charge in [-0.1, -0.05) is 28.1 Å². The van der Waals surface area contributed by atoms with Crippen LogP contribution in [-0.2, 0) is 4.74 Å². The van der Waals surface area contributed by atoms with Crippen LogP contribution in [0.4, 0.5) is 0 Å². The highest BCUT2D eigenvalue weighted by Gasteiger charge is 2.25. The zero-order chi connectivity index (χ0) is 11.5. The van der Waals surface area contributed by atoms with Gasteiger partial charge in [-0.3, -0.25) is 0 Å². The number of benzene rings is 1. The maximum absolute atomic E-state index is 5.55. The van der Waals surface area contributed by atoms with E-state index in [1.165, 1.54) is 5.56 Å². The number of ether oxygens (including phenoxy) is 1. The van der Waals surface area contributed by atoms with Crippen LogP contribution in [0.15, 0.2) is 28.7 Å². The lowest BCUT2D eigenvalue weighted by molar-refractivity contribution is 0.111. The molecule has 3 unspecified atom stereocenters. The molecule has 1 aliphatic rings. The molecule has 2 rings (SSSR count). The molecule has 1 N–H and O–H groups in total. The molecule has 1 fully saturated rings. The molecule has 0 amide bonds. The summed E-state index contributed by atoms with van der Waals surface area (Å²) in [5.74, 6) is 0.